The number of nitrogens with zero attached hydrogens (tertiary/aromatic N) is 3. The van der Waals surface area contributed by atoms with Crippen LogP contribution in [0.1, 0.15) is 30.9 Å². The fourth-order valence-corrected chi connectivity index (χ4v) is 3.60. The second-order valence-corrected chi connectivity index (χ2v) is 7.09. The number of piperazine rings is 1. The predicted octanol–water partition coefficient (Wildman–Crippen LogP) is 1.49. The van der Waals surface area contributed by atoms with Crippen molar-refractivity contribution in [3.63, 3.8) is 0 Å². The Kier molecular flexibility index (Phi) is 6.39. The van der Waals surface area contributed by atoms with Gasteiger partial charge in [-0.3, -0.25) is 14.6 Å². The fraction of sp³-hybridized carbons (Fsp3) is 0.632. The maximum atomic E-state index is 13.0. The summed E-state index contributed by atoms with van der Waals surface area (Å²) >= 11 is 0. The lowest BCUT2D eigenvalue weighted by atomic mass is 10.1. The number of carbonyl (C=O) groups is 1. The number of hydrogen-bond donors (Lipinski definition) is 1. The van der Waals surface area contributed by atoms with Crippen LogP contribution in [-0.4, -0.2) is 78.1 Å². The Hall–Kier alpha value is -1.50. The lowest BCUT2D eigenvalue weighted by Crippen LogP contribution is -2.51. The van der Waals surface area contributed by atoms with Crippen LogP contribution in [0.15, 0.2) is 24.3 Å². The summed E-state index contributed by atoms with van der Waals surface area (Å²) in [7, 11) is 0. The van der Waals surface area contributed by atoms with Gasteiger partial charge < -0.3 is 10.0 Å². The molecule has 2 heterocycles. The first-order valence-electron chi connectivity index (χ1n) is 9.28. The van der Waals surface area contributed by atoms with Crippen LogP contribution in [0.3, 0.4) is 0 Å². The number of amides is 1. The van der Waals surface area contributed by atoms with E-state index in [-0.39, 0.29) is 11.7 Å². The van der Waals surface area contributed by atoms with Crippen molar-refractivity contribution in [2.24, 2.45) is 0 Å². The molecule has 1 aromatic carbocycles. The van der Waals surface area contributed by atoms with Gasteiger partial charge in [0.25, 0.3) is 0 Å². The molecule has 3 rings (SSSR count). The molecule has 0 saturated carbocycles. The number of carbonyl (C=O) groups excluding carboxylic acids is 1. The quantitative estimate of drug-likeness (QED) is 0.875. The Labute approximate surface area is 149 Å². The van der Waals surface area contributed by atoms with E-state index in [1.165, 1.54) is 18.6 Å². The molecule has 0 aromatic heterocycles. The van der Waals surface area contributed by atoms with Crippen molar-refractivity contribution in [2.75, 3.05) is 52.4 Å². The molecule has 0 aliphatic carbocycles. The first-order chi connectivity index (χ1) is 12.1. The third-order valence-electron chi connectivity index (χ3n) is 5.22. The SMILES string of the molecule is O=C(CN1CCN(CC(O)c2ccc(F)cc2)CC1)N1CCCCC1. The Balaban J connectivity index is 1.40. The summed E-state index contributed by atoms with van der Waals surface area (Å²) in [5.74, 6) is -0.0394. The molecule has 2 saturated heterocycles. The Bertz CT molecular complexity index is 552. The predicted molar refractivity (Wildman–Crippen MR) is 94.7 cm³/mol. The van der Waals surface area contributed by atoms with Crippen molar-refractivity contribution >= 4 is 5.91 Å². The monoisotopic (exact) mass is 349 g/mol. The van der Waals surface area contributed by atoms with Crippen molar-refractivity contribution < 1.29 is 14.3 Å². The summed E-state index contributed by atoms with van der Waals surface area (Å²) in [4.78, 5) is 18.7. The highest BCUT2D eigenvalue weighted by atomic mass is 19.1. The van der Waals surface area contributed by atoms with Gasteiger partial charge in [-0.05, 0) is 37.0 Å². The van der Waals surface area contributed by atoms with Crippen LogP contribution in [0.4, 0.5) is 4.39 Å². The molecule has 1 N–H and O–H groups in total. The molecule has 138 valence electrons. The minimum atomic E-state index is -0.609. The molecule has 2 fully saturated rings. The Morgan fingerprint density at radius 3 is 2.20 bits per heavy atom. The molecule has 6 heteroatoms. The third kappa shape index (κ3) is 5.23. The normalized spacial score (nSPS) is 21.3. The van der Waals surface area contributed by atoms with Gasteiger partial charge in [-0.2, -0.15) is 0 Å². The van der Waals surface area contributed by atoms with Gasteiger partial charge in [0.1, 0.15) is 5.82 Å². The molecule has 2 aliphatic rings. The lowest BCUT2D eigenvalue weighted by molar-refractivity contribution is -0.133. The average Bonchev–Trinajstić information content (AvgIpc) is 2.64. The fourth-order valence-electron chi connectivity index (χ4n) is 3.60. The highest BCUT2D eigenvalue weighted by Gasteiger charge is 2.24. The Morgan fingerprint density at radius 1 is 0.960 bits per heavy atom. The molecule has 0 spiro atoms. The van der Waals surface area contributed by atoms with E-state index < -0.39 is 6.10 Å². The van der Waals surface area contributed by atoms with Crippen molar-refractivity contribution in [3.8, 4) is 0 Å². The molecular formula is C19H28FN3O2. The van der Waals surface area contributed by atoms with E-state index in [0.717, 1.165) is 57.7 Å². The van der Waals surface area contributed by atoms with Gasteiger partial charge in [0.2, 0.25) is 5.91 Å². The van der Waals surface area contributed by atoms with Crippen LogP contribution in [0, 0.1) is 5.82 Å². The number of aliphatic hydroxyl groups is 1. The summed E-state index contributed by atoms with van der Waals surface area (Å²) < 4.78 is 13.0. The third-order valence-corrected chi connectivity index (χ3v) is 5.22. The van der Waals surface area contributed by atoms with Crippen LogP contribution in [0.2, 0.25) is 0 Å². The zero-order chi connectivity index (χ0) is 17.6. The molecule has 1 atom stereocenters. The maximum absolute atomic E-state index is 13.0. The number of hydrogen-bond acceptors (Lipinski definition) is 4. The van der Waals surface area contributed by atoms with E-state index in [0.29, 0.717) is 13.1 Å². The molecule has 5 nitrogen and oxygen atoms in total. The number of likely N-dealkylation sites (tertiary alicyclic amines) is 1. The van der Waals surface area contributed by atoms with Crippen LogP contribution < -0.4 is 0 Å². The van der Waals surface area contributed by atoms with Crippen LogP contribution in [0.25, 0.3) is 0 Å². The largest absolute Gasteiger partial charge is 0.387 e. The van der Waals surface area contributed by atoms with Gasteiger partial charge in [-0.1, -0.05) is 12.1 Å². The van der Waals surface area contributed by atoms with E-state index >= 15 is 0 Å². The number of benzene rings is 1. The van der Waals surface area contributed by atoms with E-state index in [1.807, 2.05) is 4.90 Å². The van der Waals surface area contributed by atoms with Gasteiger partial charge in [0.15, 0.2) is 0 Å². The molecule has 1 aromatic rings. The lowest BCUT2D eigenvalue weighted by Gasteiger charge is -2.36. The van der Waals surface area contributed by atoms with Crippen LogP contribution >= 0.6 is 0 Å². The summed E-state index contributed by atoms with van der Waals surface area (Å²) in [5.41, 5.74) is 0.740. The smallest absolute Gasteiger partial charge is 0.236 e. The zero-order valence-corrected chi connectivity index (χ0v) is 14.7. The summed E-state index contributed by atoms with van der Waals surface area (Å²) in [6.07, 6.45) is 2.88. The molecule has 1 unspecified atom stereocenters. The summed E-state index contributed by atoms with van der Waals surface area (Å²) in [6, 6.07) is 6.02. The minimum absolute atomic E-state index is 0.250. The van der Waals surface area contributed by atoms with Crippen molar-refractivity contribution in [1.82, 2.24) is 14.7 Å². The average molecular weight is 349 g/mol. The molecule has 25 heavy (non-hydrogen) atoms. The standard InChI is InChI=1S/C19H28FN3O2/c20-17-6-4-16(5-7-17)18(24)14-21-10-12-22(13-11-21)15-19(25)23-8-2-1-3-9-23/h4-7,18,24H,1-3,8-15H2. The highest BCUT2D eigenvalue weighted by Crippen LogP contribution is 2.16. The maximum Gasteiger partial charge on any atom is 0.236 e. The Morgan fingerprint density at radius 2 is 1.56 bits per heavy atom. The van der Waals surface area contributed by atoms with E-state index in [4.69, 9.17) is 0 Å². The first-order valence-corrected chi connectivity index (χ1v) is 9.28. The van der Waals surface area contributed by atoms with Gasteiger partial charge in [-0.15, -0.1) is 0 Å². The van der Waals surface area contributed by atoms with Crippen LogP contribution in [0.5, 0.6) is 0 Å². The molecule has 0 bridgehead atoms. The summed E-state index contributed by atoms with van der Waals surface area (Å²) in [6.45, 7) is 6.22. The topological polar surface area (TPSA) is 47.0 Å². The van der Waals surface area contributed by atoms with Gasteiger partial charge in [-0.25, -0.2) is 4.39 Å². The van der Waals surface area contributed by atoms with Crippen molar-refractivity contribution in [1.29, 1.82) is 0 Å². The van der Waals surface area contributed by atoms with Crippen molar-refractivity contribution in [3.05, 3.63) is 35.6 Å². The van der Waals surface area contributed by atoms with Crippen molar-refractivity contribution in [2.45, 2.75) is 25.4 Å². The van der Waals surface area contributed by atoms with E-state index in [9.17, 15) is 14.3 Å². The number of halogens is 1. The highest BCUT2D eigenvalue weighted by molar-refractivity contribution is 5.78. The van der Waals surface area contributed by atoms with Gasteiger partial charge >= 0.3 is 0 Å². The first kappa shape index (κ1) is 18.3. The van der Waals surface area contributed by atoms with Gasteiger partial charge in [0, 0.05) is 45.8 Å². The summed E-state index contributed by atoms with van der Waals surface area (Å²) in [5, 5.41) is 10.3. The second-order valence-electron chi connectivity index (χ2n) is 7.09. The number of aliphatic hydroxyl groups excluding tert-OH is 1. The number of β-amino-alcohol motifs (C(OH)–C–C–N with tert-alkyl or cyclic N) is 1. The molecule has 1 amide bonds. The van der Waals surface area contributed by atoms with Gasteiger partial charge in [0.05, 0.1) is 12.6 Å². The minimum Gasteiger partial charge on any atom is -0.387 e. The molecular weight excluding hydrogens is 321 g/mol. The zero-order valence-electron chi connectivity index (χ0n) is 14.7. The number of piperidine rings is 1. The van der Waals surface area contributed by atoms with E-state index in [2.05, 4.69) is 9.80 Å². The van der Waals surface area contributed by atoms with Crippen LogP contribution in [-0.2, 0) is 4.79 Å². The molecule has 2 aliphatic heterocycles. The van der Waals surface area contributed by atoms with E-state index in [1.54, 1.807) is 12.1 Å². The number of rotatable bonds is 5. The molecule has 0 radical (unpaired) electrons. The second kappa shape index (κ2) is 8.74.